The number of rotatable bonds is 4. The van der Waals surface area contributed by atoms with Gasteiger partial charge in [-0.3, -0.25) is 9.69 Å². The highest BCUT2D eigenvalue weighted by molar-refractivity contribution is 5.87. The van der Waals surface area contributed by atoms with Crippen LogP contribution in [0.1, 0.15) is 33.6 Å². The third-order valence-electron chi connectivity index (χ3n) is 4.01. The molecule has 0 radical (unpaired) electrons. The largest absolute Gasteiger partial charge is 0.338 e. The van der Waals surface area contributed by atoms with Crippen LogP contribution in [0.2, 0.25) is 0 Å². The van der Waals surface area contributed by atoms with Crippen LogP contribution in [0.4, 0.5) is 0 Å². The molecule has 0 aromatic rings. The zero-order chi connectivity index (χ0) is 12.8. The molecule has 1 heterocycles. The summed E-state index contributed by atoms with van der Waals surface area (Å²) in [4.78, 5) is 16.1. The zero-order valence-corrected chi connectivity index (χ0v) is 11.5. The quantitative estimate of drug-likeness (QED) is 0.701. The number of nitrogens with zero attached hydrogens (tertiary/aromatic N) is 2. The van der Waals surface area contributed by atoms with Gasteiger partial charge in [-0.25, -0.2) is 0 Å². The smallest absolute Gasteiger partial charge is 0.245 e. The Morgan fingerprint density at radius 1 is 1.41 bits per heavy atom. The van der Waals surface area contributed by atoms with Crippen molar-refractivity contribution in [2.45, 2.75) is 39.7 Å². The lowest BCUT2D eigenvalue weighted by molar-refractivity contribution is -0.125. The molecule has 0 N–H and O–H groups in total. The molecule has 1 rings (SSSR count). The molecule has 0 bridgehead atoms. The van der Waals surface area contributed by atoms with Crippen LogP contribution < -0.4 is 0 Å². The van der Waals surface area contributed by atoms with Gasteiger partial charge in [0.25, 0.3) is 0 Å². The van der Waals surface area contributed by atoms with Gasteiger partial charge in [0, 0.05) is 25.7 Å². The van der Waals surface area contributed by atoms with Crippen LogP contribution in [-0.4, -0.2) is 47.9 Å². The lowest BCUT2D eigenvalue weighted by atomic mass is 9.95. The van der Waals surface area contributed by atoms with E-state index in [1.165, 1.54) is 12.5 Å². The van der Waals surface area contributed by atoms with Crippen LogP contribution in [0.3, 0.4) is 0 Å². The monoisotopic (exact) mass is 238 g/mol. The molecule has 98 valence electrons. The van der Waals surface area contributed by atoms with Crippen molar-refractivity contribution in [3.63, 3.8) is 0 Å². The fraction of sp³-hybridized carbons (Fsp3) is 0.786. The zero-order valence-electron chi connectivity index (χ0n) is 11.5. The average Bonchev–Trinajstić information content (AvgIpc) is 2.58. The van der Waals surface area contributed by atoms with Gasteiger partial charge in [-0.15, -0.1) is 0 Å². The molecule has 1 aliphatic heterocycles. The Hall–Kier alpha value is -0.830. The maximum atomic E-state index is 11.7. The van der Waals surface area contributed by atoms with Crippen molar-refractivity contribution >= 4 is 5.91 Å². The third kappa shape index (κ3) is 3.56. The van der Waals surface area contributed by atoms with Gasteiger partial charge in [0.2, 0.25) is 5.91 Å². The van der Waals surface area contributed by atoms with Crippen molar-refractivity contribution in [1.29, 1.82) is 0 Å². The standard InChI is InChI=1S/C14H26N2O/c1-5-12(4)13-8-9-16(14(17)6-2)11-10-15(13)7-3/h6,12-13H,2,5,7-11H2,1,3-4H3. The molecular formula is C14H26N2O. The minimum absolute atomic E-state index is 0.0749. The molecule has 2 atom stereocenters. The molecule has 1 fully saturated rings. The maximum Gasteiger partial charge on any atom is 0.245 e. The first kappa shape index (κ1) is 14.2. The molecular weight excluding hydrogens is 212 g/mol. The van der Waals surface area contributed by atoms with Crippen molar-refractivity contribution < 1.29 is 4.79 Å². The van der Waals surface area contributed by atoms with Gasteiger partial charge in [-0.2, -0.15) is 0 Å². The second-order valence-corrected chi connectivity index (χ2v) is 4.90. The summed E-state index contributed by atoms with van der Waals surface area (Å²) in [5, 5.41) is 0. The lowest BCUT2D eigenvalue weighted by Crippen LogP contribution is -2.40. The van der Waals surface area contributed by atoms with E-state index in [1.54, 1.807) is 0 Å². The summed E-state index contributed by atoms with van der Waals surface area (Å²) in [5.74, 6) is 0.777. The van der Waals surface area contributed by atoms with E-state index in [4.69, 9.17) is 0 Å². The van der Waals surface area contributed by atoms with Gasteiger partial charge in [-0.1, -0.05) is 33.8 Å². The summed E-state index contributed by atoms with van der Waals surface area (Å²) in [5.41, 5.74) is 0. The number of hydrogen-bond acceptors (Lipinski definition) is 2. The van der Waals surface area contributed by atoms with Crippen LogP contribution in [0, 0.1) is 5.92 Å². The molecule has 2 unspecified atom stereocenters. The molecule has 0 saturated carbocycles. The van der Waals surface area contributed by atoms with E-state index >= 15 is 0 Å². The Labute approximate surface area is 105 Å². The Bertz CT molecular complexity index is 265. The second kappa shape index (κ2) is 6.80. The highest BCUT2D eigenvalue weighted by Crippen LogP contribution is 2.20. The second-order valence-electron chi connectivity index (χ2n) is 4.90. The summed E-state index contributed by atoms with van der Waals surface area (Å²) in [6, 6.07) is 0.618. The van der Waals surface area contributed by atoms with E-state index in [1.807, 2.05) is 4.90 Å². The fourth-order valence-corrected chi connectivity index (χ4v) is 2.66. The normalized spacial score (nSPS) is 24.2. The van der Waals surface area contributed by atoms with E-state index in [9.17, 15) is 4.79 Å². The Morgan fingerprint density at radius 3 is 2.65 bits per heavy atom. The molecule has 1 amide bonds. The molecule has 1 saturated heterocycles. The van der Waals surface area contributed by atoms with Gasteiger partial charge in [0.15, 0.2) is 0 Å². The van der Waals surface area contributed by atoms with E-state index in [2.05, 4.69) is 32.3 Å². The van der Waals surface area contributed by atoms with Crippen molar-refractivity contribution in [1.82, 2.24) is 9.80 Å². The summed E-state index contributed by atoms with van der Waals surface area (Å²) in [6.45, 7) is 14.1. The van der Waals surface area contributed by atoms with Crippen molar-refractivity contribution in [2.75, 3.05) is 26.2 Å². The third-order valence-corrected chi connectivity index (χ3v) is 4.01. The maximum absolute atomic E-state index is 11.7. The van der Waals surface area contributed by atoms with Gasteiger partial charge < -0.3 is 4.90 Å². The van der Waals surface area contributed by atoms with Gasteiger partial charge in [0.05, 0.1) is 0 Å². The lowest BCUT2D eigenvalue weighted by Gasteiger charge is -2.32. The number of amides is 1. The number of carbonyl (C=O) groups is 1. The molecule has 3 nitrogen and oxygen atoms in total. The minimum atomic E-state index is 0.0749. The van der Waals surface area contributed by atoms with E-state index < -0.39 is 0 Å². The first-order valence-corrected chi connectivity index (χ1v) is 6.79. The first-order chi connectivity index (χ1) is 8.13. The number of carbonyl (C=O) groups excluding carboxylic acids is 1. The first-order valence-electron chi connectivity index (χ1n) is 6.79. The predicted molar refractivity (Wildman–Crippen MR) is 71.9 cm³/mol. The molecule has 1 aliphatic rings. The number of hydrogen-bond donors (Lipinski definition) is 0. The predicted octanol–water partition coefficient (Wildman–Crippen LogP) is 2.14. The van der Waals surface area contributed by atoms with E-state index in [0.29, 0.717) is 12.0 Å². The van der Waals surface area contributed by atoms with Crippen molar-refractivity contribution in [3.05, 3.63) is 12.7 Å². The van der Waals surface area contributed by atoms with Gasteiger partial charge >= 0.3 is 0 Å². The molecule has 0 spiro atoms. The molecule has 17 heavy (non-hydrogen) atoms. The van der Waals surface area contributed by atoms with Crippen molar-refractivity contribution in [2.24, 2.45) is 5.92 Å². The van der Waals surface area contributed by atoms with Gasteiger partial charge in [0.1, 0.15) is 0 Å². The van der Waals surface area contributed by atoms with E-state index in [-0.39, 0.29) is 5.91 Å². The van der Waals surface area contributed by atoms with Crippen LogP contribution in [0.5, 0.6) is 0 Å². The Balaban J connectivity index is 2.69. The summed E-state index contributed by atoms with van der Waals surface area (Å²) in [7, 11) is 0. The Morgan fingerprint density at radius 2 is 2.12 bits per heavy atom. The fourth-order valence-electron chi connectivity index (χ4n) is 2.66. The van der Waals surface area contributed by atoms with Gasteiger partial charge in [-0.05, 0) is 25.0 Å². The molecule has 0 aromatic carbocycles. The summed E-state index contributed by atoms with van der Waals surface area (Å²) in [6.07, 6.45) is 3.72. The van der Waals surface area contributed by atoms with Crippen molar-refractivity contribution in [3.8, 4) is 0 Å². The minimum Gasteiger partial charge on any atom is -0.338 e. The van der Waals surface area contributed by atoms with E-state index in [0.717, 1.165) is 32.6 Å². The molecule has 3 heteroatoms. The summed E-state index contributed by atoms with van der Waals surface area (Å²) < 4.78 is 0. The van der Waals surface area contributed by atoms with Crippen LogP contribution in [-0.2, 0) is 4.79 Å². The van der Waals surface area contributed by atoms with Crippen LogP contribution in [0.25, 0.3) is 0 Å². The van der Waals surface area contributed by atoms with Crippen LogP contribution >= 0.6 is 0 Å². The Kier molecular flexibility index (Phi) is 5.69. The highest BCUT2D eigenvalue weighted by Gasteiger charge is 2.27. The SMILES string of the molecule is C=CC(=O)N1CCC(C(C)CC)N(CC)CC1. The van der Waals surface area contributed by atoms with Crippen LogP contribution in [0.15, 0.2) is 12.7 Å². The molecule has 0 aliphatic carbocycles. The highest BCUT2D eigenvalue weighted by atomic mass is 16.2. The topological polar surface area (TPSA) is 23.6 Å². The summed E-state index contributed by atoms with van der Waals surface area (Å²) >= 11 is 0. The number of likely N-dealkylation sites (N-methyl/N-ethyl adjacent to an activating group) is 1. The average molecular weight is 238 g/mol. The molecule has 0 aromatic heterocycles.